The van der Waals surface area contributed by atoms with Gasteiger partial charge in [0.2, 0.25) is 5.95 Å². The monoisotopic (exact) mass is 406 g/mol. The van der Waals surface area contributed by atoms with Crippen molar-refractivity contribution >= 4 is 11.7 Å². The fourth-order valence-electron chi connectivity index (χ4n) is 2.90. The fourth-order valence-corrected chi connectivity index (χ4v) is 2.90. The molecule has 4 N–H and O–H groups in total. The summed E-state index contributed by atoms with van der Waals surface area (Å²) in [6, 6.07) is 8.76. The lowest BCUT2D eigenvalue weighted by Gasteiger charge is -2.13. The Labute approximate surface area is 171 Å². The third-order valence-corrected chi connectivity index (χ3v) is 4.43. The molecule has 4 rings (SSSR count). The average molecular weight is 406 g/mol. The van der Waals surface area contributed by atoms with E-state index in [-0.39, 0.29) is 11.5 Å². The van der Waals surface area contributed by atoms with E-state index < -0.39 is 5.95 Å². The molecule has 0 radical (unpaired) electrons. The standard InChI is InChI=1S/C20H19FN8O/c21-18-16(12-26-29-18)17-4-3-15(20(30)24-11-13-2-1-7-22-10-13)19(27-17)23-8-5-14-6-9-25-28-14/h1-4,6-7,9-10,12H,5,8,11H2,(H,23,27)(H,24,30)(H,25,28)(H,26,29). The van der Waals surface area contributed by atoms with Crippen LogP contribution in [0.1, 0.15) is 21.6 Å². The molecule has 0 unspecified atom stereocenters. The number of hydrogen-bond acceptors (Lipinski definition) is 6. The molecule has 0 atom stereocenters. The third-order valence-electron chi connectivity index (χ3n) is 4.43. The highest BCUT2D eigenvalue weighted by atomic mass is 19.1. The Morgan fingerprint density at radius 1 is 1.07 bits per heavy atom. The lowest BCUT2D eigenvalue weighted by Crippen LogP contribution is -2.25. The van der Waals surface area contributed by atoms with E-state index >= 15 is 0 Å². The molecule has 0 aliphatic rings. The molecule has 0 spiro atoms. The summed E-state index contributed by atoms with van der Waals surface area (Å²) in [4.78, 5) is 21.3. The summed E-state index contributed by atoms with van der Waals surface area (Å²) in [5.74, 6) is -0.523. The summed E-state index contributed by atoms with van der Waals surface area (Å²) in [6.45, 7) is 0.841. The molecule has 30 heavy (non-hydrogen) atoms. The number of hydrogen-bond donors (Lipinski definition) is 4. The Bertz CT molecular complexity index is 1110. The quantitative estimate of drug-likeness (QED) is 0.356. The molecular weight excluding hydrogens is 387 g/mol. The van der Waals surface area contributed by atoms with Gasteiger partial charge in [-0.15, -0.1) is 0 Å². The Morgan fingerprint density at radius 3 is 2.73 bits per heavy atom. The highest BCUT2D eigenvalue weighted by Gasteiger charge is 2.16. The molecule has 152 valence electrons. The van der Waals surface area contributed by atoms with Gasteiger partial charge in [0.15, 0.2) is 0 Å². The van der Waals surface area contributed by atoms with Gasteiger partial charge in [-0.1, -0.05) is 6.07 Å². The summed E-state index contributed by atoms with van der Waals surface area (Å²) < 4.78 is 13.9. The number of aromatic nitrogens is 6. The second-order valence-electron chi connectivity index (χ2n) is 6.49. The minimum Gasteiger partial charge on any atom is -0.369 e. The summed E-state index contributed by atoms with van der Waals surface area (Å²) in [7, 11) is 0. The van der Waals surface area contributed by atoms with Crippen molar-refractivity contribution in [2.24, 2.45) is 0 Å². The van der Waals surface area contributed by atoms with E-state index in [0.29, 0.717) is 36.6 Å². The highest BCUT2D eigenvalue weighted by Crippen LogP contribution is 2.23. The normalized spacial score (nSPS) is 10.7. The van der Waals surface area contributed by atoms with Gasteiger partial charge in [0.05, 0.1) is 23.0 Å². The topological polar surface area (TPSA) is 124 Å². The molecule has 0 bridgehead atoms. The van der Waals surface area contributed by atoms with Gasteiger partial charge in [-0.2, -0.15) is 14.6 Å². The minimum absolute atomic E-state index is 0.230. The average Bonchev–Trinajstić information content (AvgIpc) is 3.44. The van der Waals surface area contributed by atoms with E-state index in [2.05, 4.69) is 41.0 Å². The van der Waals surface area contributed by atoms with Crippen LogP contribution < -0.4 is 10.6 Å². The molecule has 0 aromatic carbocycles. The number of nitrogens with zero attached hydrogens (tertiary/aromatic N) is 4. The van der Waals surface area contributed by atoms with Gasteiger partial charge in [-0.3, -0.25) is 20.0 Å². The zero-order valence-electron chi connectivity index (χ0n) is 15.9. The first-order valence-corrected chi connectivity index (χ1v) is 9.30. The predicted molar refractivity (Wildman–Crippen MR) is 108 cm³/mol. The lowest BCUT2D eigenvalue weighted by molar-refractivity contribution is 0.0951. The zero-order valence-corrected chi connectivity index (χ0v) is 15.9. The number of halogens is 1. The van der Waals surface area contributed by atoms with E-state index in [1.807, 2.05) is 12.1 Å². The van der Waals surface area contributed by atoms with Crippen molar-refractivity contribution in [1.82, 2.24) is 35.7 Å². The van der Waals surface area contributed by atoms with Crippen LogP contribution in [0.25, 0.3) is 11.3 Å². The van der Waals surface area contributed by atoms with Crippen molar-refractivity contribution < 1.29 is 9.18 Å². The maximum atomic E-state index is 13.9. The molecule has 0 fully saturated rings. The molecule has 4 aromatic rings. The summed E-state index contributed by atoms with van der Waals surface area (Å²) in [5, 5.41) is 18.8. The molecular formula is C20H19FN8O. The van der Waals surface area contributed by atoms with Crippen LogP contribution in [0, 0.1) is 5.95 Å². The number of anilines is 1. The van der Waals surface area contributed by atoms with Crippen LogP contribution in [-0.4, -0.2) is 42.8 Å². The first kappa shape index (κ1) is 19.2. The van der Waals surface area contributed by atoms with E-state index in [1.165, 1.54) is 6.20 Å². The van der Waals surface area contributed by atoms with Crippen molar-refractivity contribution in [1.29, 1.82) is 0 Å². The number of carbonyl (C=O) groups excluding carboxylic acids is 1. The van der Waals surface area contributed by atoms with Crippen molar-refractivity contribution in [3.05, 3.63) is 77.9 Å². The van der Waals surface area contributed by atoms with Crippen molar-refractivity contribution in [2.45, 2.75) is 13.0 Å². The maximum Gasteiger partial charge on any atom is 0.255 e. The molecule has 0 saturated carbocycles. The first-order chi connectivity index (χ1) is 14.7. The molecule has 4 aromatic heterocycles. The number of amides is 1. The van der Waals surface area contributed by atoms with Crippen molar-refractivity contribution in [2.75, 3.05) is 11.9 Å². The van der Waals surface area contributed by atoms with Gasteiger partial charge in [-0.05, 0) is 29.8 Å². The largest absolute Gasteiger partial charge is 0.369 e. The van der Waals surface area contributed by atoms with Gasteiger partial charge in [0.25, 0.3) is 5.91 Å². The van der Waals surface area contributed by atoms with Gasteiger partial charge in [0.1, 0.15) is 5.82 Å². The van der Waals surface area contributed by atoms with Gasteiger partial charge < -0.3 is 10.6 Å². The molecule has 4 heterocycles. The predicted octanol–water partition coefficient (Wildman–Crippen LogP) is 2.31. The molecule has 1 amide bonds. The highest BCUT2D eigenvalue weighted by molar-refractivity contribution is 5.99. The van der Waals surface area contributed by atoms with Crippen LogP contribution in [0.5, 0.6) is 0 Å². The Hall–Kier alpha value is -4.08. The van der Waals surface area contributed by atoms with Crippen LogP contribution in [0.4, 0.5) is 10.2 Å². The molecule has 0 saturated heterocycles. The van der Waals surface area contributed by atoms with Crippen LogP contribution >= 0.6 is 0 Å². The number of pyridine rings is 2. The minimum atomic E-state index is -0.584. The summed E-state index contributed by atoms with van der Waals surface area (Å²) in [5.41, 5.74) is 2.78. The van der Waals surface area contributed by atoms with Gasteiger partial charge in [-0.25, -0.2) is 4.98 Å². The number of aromatic amines is 2. The van der Waals surface area contributed by atoms with E-state index in [9.17, 15) is 9.18 Å². The smallest absolute Gasteiger partial charge is 0.255 e. The Morgan fingerprint density at radius 2 is 2.00 bits per heavy atom. The van der Waals surface area contributed by atoms with E-state index in [1.54, 1.807) is 36.8 Å². The number of nitrogens with one attached hydrogen (secondary N) is 4. The van der Waals surface area contributed by atoms with Crippen molar-refractivity contribution in [3.8, 4) is 11.3 Å². The van der Waals surface area contributed by atoms with Crippen LogP contribution in [0.2, 0.25) is 0 Å². The number of H-pyrrole nitrogens is 2. The third kappa shape index (κ3) is 4.49. The number of rotatable bonds is 8. The fraction of sp³-hybridized carbons (Fsp3) is 0.150. The maximum absolute atomic E-state index is 13.9. The van der Waals surface area contributed by atoms with Gasteiger partial charge >= 0.3 is 0 Å². The molecule has 10 heteroatoms. The molecule has 9 nitrogen and oxygen atoms in total. The molecule has 0 aliphatic carbocycles. The SMILES string of the molecule is O=C(NCc1cccnc1)c1ccc(-c2cn[nH]c2F)nc1NCCc1ccn[nH]1. The van der Waals surface area contributed by atoms with Crippen molar-refractivity contribution in [3.63, 3.8) is 0 Å². The zero-order chi connectivity index (χ0) is 20.8. The van der Waals surface area contributed by atoms with Gasteiger partial charge in [0, 0.05) is 43.8 Å². The van der Waals surface area contributed by atoms with Crippen LogP contribution in [0.3, 0.4) is 0 Å². The Kier molecular flexibility index (Phi) is 5.74. The number of carbonyl (C=O) groups is 1. The second-order valence-corrected chi connectivity index (χ2v) is 6.49. The molecule has 0 aliphatic heterocycles. The Balaban J connectivity index is 1.54. The van der Waals surface area contributed by atoms with Crippen LogP contribution in [0.15, 0.2) is 55.1 Å². The first-order valence-electron chi connectivity index (χ1n) is 9.30. The van der Waals surface area contributed by atoms with E-state index in [0.717, 1.165) is 11.3 Å². The summed E-state index contributed by atoms with van der Waals surface area (Å²) >= 11 is 0. The lowest BCUT2D eigenvalue weighted by atomic mass is 10.1. The summed E-state index contributed by atoms with van der Waals surface area (Å²) in [6.07, 6.45) is 7.04. The second kappa shape index (κ2) is 8.95. The van der Waals surface area contributed by atoms with Crippen LogP contribution in [-0.2, 0) is 13.0 Å². The van der Waals surface area contributed by atoms with E-state index in [4.69, 9.17) is 0 Å².